The van der Waals surface area contributed by atoms with Crippen LogP contribution in [0, 0.1) is 17.3 Å². The Kier molecular flexibility index (Phi) is 11.0. The maximum atomic E-state index is 12.5. The summed E-state index contributed by atoms with van der Waals surface area (Å²) in [7, 11) is 1.57. The van der Waals surface area contributed by atoms with E-state index in [4.69, 9.17) is 25.7 Å². The van der Waals surface area contributed by atoms with E-state index >= 15 is 0 Å². The third-order valence-electron chi connectivity index (χ3n) is 3.55. The van der Waals surface area contributed by atoms with Crippen molar-refractivity contribution in [3.8, 4) is 0 Å². The zero-order valence-corrected chi connectivity index (χ0v) is 15.5. The number of hydrogen-bond acceptors (Lipinski definition) is 6. The summed E-state index contributed by atoms with van der Waals surface area (Å²) in [6.07, 6.45) is -0.269. The summed E-state index contributed by atoms with van der Waals surface area (Å²) in [6.45, 7) is 6.86. The molecule has 9 nitrogen and oxygen atoms in total. The van der Waals surface area contributed by atoms with Gasteiger partial charge in [-0.3, -0.25) is 14.4 Å². The number of primary amides is 2. The fourth-order valence-electron chi connectivity index (χ4n) is 2.45. The molecule has 5 N–H and O–H groups in total. The van der Waals surface area contributed by atoms with E-state index in [9.17, 15) is 14.4 Å². The molecule has 0 radical (unpaired) electrons. The summed E-state index contributed by atoms with van der Waals surface area (Å²) in [4.78, 5) is 35.4. The van der Waals surface area contributed by atoms with Crippen LogP contribution in [0.3, 0.4) is 0 Å². The molecule has 0 spiro atoms. The summed E-state index contributed by atoms with van der Waals surface area (Å²) in [5, 5.41) is 2.70. The first-order valence-corrected chi connectivity index (χ1v) is 8.11. The quantitative estimate of drug-likeness (QED) is 0.295. The standard InChI is InChI=1S/C16H31N3O6/c1-16(2,3)13(11(14(18)21)9-12(17)20)15(22)19-5-6-24-10-25-8-7-23-4/h11,13H,5-10H2,1-4H3,(H2,17,20)(H2,18,21)(H,19,22)/t11?,13-/m1/s1. The van der Waals surface area contributed by atoms with E-state index in [-0.39, 0.29) is 32.3 Å². The predicted octanol–water partition coefficient (Wildman–Crippen LogP) is -0.621. The molecule has 0 heterocycles. The molecule has 0 aliphatic heterocycles. The van der Waals surface area contributed by atoms with Crippen LogP contribution in [0.25, 0.3) is 0 Å². The van der Waals surface area contributed by atoms with Gasteiger partial charge in [0.25, 0.3) is 0 Å². The van der Waals surface area contributed by atoms with Crippen molar-refractivity contribution in [3.05, 3.63) is 0 Å². The first-order valence-electron chi connectivity index (χ1n) is 8.11. The second-order valence-electron chi connectivity index (χ2n) is 6.74. The van der Waals surface area contributed by atoms with Gasteiger partial charge in [0.05, 0.1) is 31.7 Å². The minimum Gasteiger partial charge on any atom is -0.382 e. The van der Waals surface area contributed by atoms with E-state index in [1.54, 1.807) is 27.9 Å². The Labute approximate surface area is 148 Å². The van der Waals surface area contributed by atoms with Crippen LogP contribution in [0.2, 0.25) is 0 Å². The minimum absolute atomic E-state index is 0.0908. The fourth-order valence-corrected chi connectivity index (χ4v) is 2.45. The van der Waals surface area contributed by atoms with Crippen LogP contribution in [0.5, 0.6) is 0 Å². The summed E-state index contributed by atoms with van der Waals surface area (Å²) < 4.78 is 15.2. The van der Waals surface area contributed by atoms with E-state index in [2.05, 4.69) is 5.32 Å². The Hall–Kier alpha value is -1.71. The van der Waals surface area contributed by atoms with Gasteiger partial charge in [0.1, 0.15) is 6.79 Å². The van der Waals surface area contributed by atoms with Gasteiger partial charge in [-0.1, -0.05) is 20.8 Å². The number of hydrogen-bond donors (Lipinski definition) is 3. The van der Waals surface area contributed by atoms with Crippen LogP contribution in [-0.2, 0) is 28.6 Å². The monoisotopic (exact) mass is 361 g/mol. The van der Waals surface area contributed by atoms with Crippen molar-refractivity contribution in [2.24, 2.45) is 28.7 Å². The molecule has 9 heteroatoms. The molecule has 0 aliphatic rings. The second kappa shape index (κ2) is 11.8. The molecule has 0 saturated heterocycles. The molecule has 25 heavy (non-hydrogen) atoms. The molecule has 0 saturated carbocycles. The Morgan fingerprint density at radius 1 is 1.04 bits per heavy atom. The van der Waals surface area contributed by atoms with Crippen LogP contribution < -0.4 is 16.8 Å². The number of amides is 3. The Morgan fingerprint density at radius 3 is 2.12 bits per heavy atom. The maximum absolute atomic E-state index is 12.5. The van der Waals surface area contributed by atoms with Gasteiger partial charge in [-0.2, -0.15) is 0 Å². The normalized spacial score (nSPS) is 13.9. The van der Waals surface area contributed by atoms with Crippen molar-refractivity contribution in [2.45, 2.75) is 27.2 Å². The predicted molar refractivity (Wildman–Crippen MR) is 91.1 cm³/mol. The molecule has 0 fully saturated rings. The lowest BCUT2D eigenvalue weighted by atomic mass is 9.71. The third kappa shape index (κ3) is 10.0. The third-order valence-corrected chi connectivity index (χ3v) is 3.55. The highest BCUT2D eigenvalue weighted by Gasteiger charge is 2.41. The number of ether oxygens (including phenoxy) is 3. The van der Waals surface area contributed by atoms with Gasteiger partial charge in [-0.05, 0) is 5.41 Å². The number of methoxy groups -OCH3 is 1. The van der Waals surface area contributed by atoms with Crippen molar-refractivity contribution in [3.63, 3.8) is 0 Å². The molecular formula is C16H31N3O6. The molecule has 0 aliphatic carbocycles. The maximum Gasteiger partial charge on any atom is 0.224 e. The second-order valence-corrected chi connectivity index (χ2v) is 6.74. The molecule has 0 aromatic carbocycles. The van der Waals surface area contributed by atoms with Crippen LogP contribution in [0.4, 0.5) is 0 Å². The van der Waals surface area contributed by atoms with Crippen molar-refractivity contribution in [2.75, 3.05) is 40.3 Å². The number of carbonyl (C=O) groups excluding carboxylic acids is 3. The van der Waals surface area contributed by atoms with Gasteiger partial charge in [-0.15, -0.1) is 0 Å². The van der Waals surface area contributed by atoms with Gasteiger partial charge in [0.2, 0.25) is 17.7 Å². The molecule has 0 aromatic heterocycles. The first kappa shape index (κ1) is 23.3. The van der Waals surface area contributed by atoms with Gasteiger partial charge >= 0.3 is 0 Å². The number of rotatable bonds is 13. The van der Waals surface area contributed by atoms with Crippen LogP contribution in [0.15, 0.2) is 0 Å². The highest BCUT2D eigenvalue weighted by molar-refractivity contribution is 5.90. The van der Waals surface area contributed by atoms with Crippen molar-refractivity contribution >= 4 is 17.7 Å². The lowest BCUT2D eigenvalue weighted by Crippen LogP contribution is -2.48. The average Bonchev–Trinajstić information content (AvgIpc) is 2.47. The molecule has 146 valence electrons. The zero-order chi connectivity index (χ0) is 19.5. The lowest BCUT2D eigenvalue weighted by molar-refractivity contribution is -0.139. The van der Waals surface area contributed by atoms with Crippen LogP contribution in [-0.4, -0.2) is 58.0 Å². The summed E-state index contributed by atoms with van der Waals surface area (Å²) in [5.74, 6) is -3.52. The van der Waals surface area contributed by atoms with E-state index in [1.165, 1.54) is 0 Å². The Bertz CT molecular complexity index is 436. The molecule has 0 rings (SSSR count). The van der Waals surface area contributed by atoms with E-state index in [0.29, 0.717) is 13.2 Å². The van der Waals surface area contributed by atoms with Crippen LogP contribution in [0.1, 0.15) is 27.2 Å². The van der Waals surface area contributed by atoms with Crippen LogP contribution >= 0.6 is 0 Å². The van der Waals surface area contributed by atoms with Gasteiger partial charge in [-0.25, -0.2) is 0 Å². The van der Waals surface area contributed by atoms with E-state index in [0.717, 1.165) is 0 Å². The minimum atomic E-state index is -0.962. The smallest absolute Gasteiger partial charge is 0.224 e. The van der Waals surface area contributed by atoms with E-state index < -0.39 is 29.1 Å². The Morgan fingerprint density at radius 2 is 1.64 bits per heavy atom. The SMILES string of the molecule is COCCOCOCCNC(=O)[C@@H](C(CC(N)=O)C(N)=O)C(C)(C)C. The highest BCUT2D eigenvalue weighted by Crippen LogP contribution is 2.34. The Balaban J connectivity index is 4.56. The number of nitrogens with two attached hydrogens (primary N) is 2. The topological polar surface area (TPSA) is 143 Å². The summed E-state index contributed by atoms with van der Waals surface area (Å²) >= 11 is 0. The summed E-state index contributed by atoms with van der Waals surface area (Å²) in [6, 6.07) is 0. The molecule has 1 unspecified atom stereocenters. The fraction of sp³-hybridized carbons (Fsp3) is 0.812. The highest BCUT2D eigenvalue weighted by atomic mass is 16.7. The zero-order valence-electron chi connectivity index (χ0n) is 15.5. The molecule has 0 aromatic rings. The summed E-state index contributed by atoms with van der Waals surface area (Å²) in [5.41, 5.74) is 9.98. The van der Waals surface area contributed by atoms with Gasteiger partial charge in [0, 0.05) is 20.1 Å². The molecule has 3 amide bonds. The molecular weight excluding hydrogens is 330 g/mol. The van der Waals surface area contributed by atoms with Crippen molar-refractivity contribution < 1.29 is 28.6 Å². The molecule has 0 bridgehead atoms. The van der Waals surface area contributed by atoms with E-state index in [1.807, 2.05) is 0 Å². The van der Waals surface area contributed by atoms with Crippen molar-refractivity contribution in [1.29, 1.82) is 0 Å². The van der Waals surface area contributed by atoms with Gasteiger partial charge < -0.3 is 31.0 Å². The number of nitrogens with one attached hydrogen (secondary N) is 1. The number of carbonyl (C=O) groups is 3. The molecule has 2 atom stereocenters. The average molecular weight is 361 g/mol. The van der Waals surface area contributed by atoms with Crippen molar-refractivity contribution in [1.82, 2.24) is 5.32 Å². The first-order chi connectivity index (χ1) is 11.6. The largest absolute Gasteiger partial charge is 0.382 e. The van der Waals surface area contributed by atoms with Gasteiger partial charge in [0.15, 0.2) is 0 Å². The lowest BCUT2D eigenvalue weighted by Gasteiger charge is -2.34.